The smallest absolute Gasteiger partial charge is 0.292 e. The van der Waals surface area contributed by atoms with E-state index in [1.54, 1.807) is 12.1 Å². The summed E-state index contributed by atoms with van der Waals surface area (Å²) in [6, 6.07) is 7.10. The summed E-state index contributed by atoms with van der Waals surface area (Å²) >= 11 is 0. The average Bonchev–Trinajstić information content (AvgIpc) is 2.58. The molecule has 2 aliphatic heterocycles. The maximum Gasteiger partial charge on any atom is 0.292 e. The number of benzene rings is 1. The van der Waals surface area contributed by atoms with Crippen LogP contribution in [0.1, 0.15) is 12.8 Å². The van der Waals surface area contributed by atoms with E-state index in [1.165, 1.54) is 19.6 Å². The molecule has 0 saturated carbocycles. The van der Waals surface area contributed by atoms with E-state index in [9.17, 15) is 10.1 Å². The Morgan fingerprint density at radius 2 is 1.74 bits per heavy atom. The summed E-state index contributed by atoms with van der Waals surface area (Å²) in [5, 5.41) is 11.2. The minimum atomic E-state index is -0.272. The van der Waals surface area contributed by atoms with Gasteiger partial charge in [0, 0.05) is 51.9 Å². The summed E-state index contributed by atoms with van der Waals surface area (Å²) in [5.41, 5.74) is 1.00. The number of likely N-dealkylation sites (N-methyl/N-ethyl adjacent to an activating group) is 1. The zero-order valence-corrected chi connectivity index (χ0v) is 13.9. The minimum absolute atomic E-state index is 0.227. The molecule has 1 aromatic rings. The van der Waals surface area contributed by atoms with Crippen LogP contribution >= 0.6 is 0 Å². The molecule has 6 heteroatoms. The first kappa shape index (κ1) is 16.2. The zero-order chi connectivity index (χ0) is 16.2. The van der Waals surface area contributed by atoms with Crippen LogP contribution in [0, 0.1) is 16.0 Å². The Labute approximate surface area is 137 Å². The van der Waals surface area contributed by atoms with Crippen molar-refractivity contribution in [2.75, 3.05) is 57.8 Å². The molecule has 3 rings (SSSR count). The molecule has 0 unspecified atom stereocenters. The molecule has 0 amide bonds. The predicted molar refractivity (Wildman–Crippen MR) is 92.0 cm³/mol. The van der Waals surface area contributed by atoms with Gasteiger partial charge in [0.25, 0.3) is 5.69 Å². The van der Waals surface area contributed by atoms with Gasteiger partial charge in [-0.2, -0.15) is 0 Å². The Kier molecular flexibility index (Phi) is 5.13. The number of hydrogen-bond donors (Lipinski definition) is 0. The second-order valence-corrected chi connectivity index (χ2v) is 6.78. The van der Waals surface area contributed by atoms with E-state index in [-0.39, 0.29) is 10.6 Å². The van der Waals surface area contributed by atoms with E-state index in [0.717, 1.165) is 50.6 Å². The molecule has 23 heavy (non-hydrogen) atoms. The standard InChI is InChI=1S/C17H26N4O2/c1-18-10-12-19(13-11-18)14-15-6-8-20(9-7-15)16-4-2-3-5-17(16)21(22)23/h2-5,15H,6-14H2,1H3. The fourth-order valence-corrected chi connectivity index (χ4v) is 3.64. The molecule has 2 aliphatic rings. The highest BCUT2D eigenvalue weighted by atomic mass is 16.6. The Morgan fingerprint density at radius 3 is 2.39 bits per heavy atom. The van der Waals surface area contributed by atoms with Crippen molar-refractivity contribution >= 4 is 11.4 Å². The predicted octanol–water partition coefficient (Wildman–Crippen LogP) is 2.06. The molecule has 0 atom stereocenters. The summed E-state index contributed by atoms with van der Waals surface area (Å²) in [7, 11) is 2.18. The van der Waals surface area contributed by atoms with E-state index in [4.69, 9.17) is 0 Å². The van der Waals surface area contributed by atoms with Gasteiger partial charge in [0.2, 0.25) is 0 Å². The van der Waals surface area contributed by atoms with Gasteiger partial charge >= 0.3 is 0 Å². The normalized spacial score (nSPS) is 21.5. The molecule has 2 fully saturated rings. The van der Waals surface area contributed by atoms with Crippen LogP contribution in [0.2, 0.25) is 0 Å². The van der Waals surface area contributed by atoms with Crippen LogP contribution < -0.4 is 4.90 Å². The van der Waals surface area contributed by atoms with Crippen molar-refractivity contribution in [1.82, 2.24) is 9.80 Å². The number of piperazine rings is 1. The molecule has 0 bridgehead atoms. The van der Waals surface area contributed by atoms with E-state index in [1.807, 2.05) is 12.1 Å². The molecule has 0 radical (unpaired) electrons. The first-order valence-electron chi connectivity index (χ1n) is 8.53. The van der Waals surface area contributed by atoms with Gasteiger partial charge in [-0.15, -0.1) is 0 Å². The van der Waals surface area contributed by atoms with Crippen LogP contribution in [-0.4, -0.2) is 67.6 Å². The second kappa shape index (κ2) is 7.27. The van der Waals surface area contributed by atoms with Crippen molar-refractivity contribution < 1.29 is 4.92 Å². The molecular weight excluding hydrogens is 292 g/mol. The summed E-state index contributed by atoms with van der Waals surface area (Å²) in [6.45, 7) is 7.68. The number of anilines is 1. The van der Waals surface area contributed by atoms with E-state index in [0.29, 0.717) is 0 Å². The molecule has 6 nitrogen and oxygen atoms in total. The summed E-state index contributed by atoms with van der Waals surface area (Å²) in [4.78, 5) is 18.1. The number of nitro groups is 1. The van der Waals surface area contributed by atoms with Gasteiger partial charge < -0.3 is 14.7 Å². The fourth-order valence-electron chi connectivity index (χ4n) is 3.64. The maximum atomic E-state index is 11.2. The van der Waals surface area contributed by atoms with Gasteiger partial charge in [-0.1, -0.05) is 12.1 Å². The molecule has 126 valence electrons. The number of nitrogens with zero attached hydrogens (tertiary/aromatic N) is 4. The van der Waals surface area contributed by atoms with Crippen molar-refractivity contribution in [2.45, 2.75) is 12.8 Å². The van der Waals surface area contributed by atoms with Gasteiger partial charge in [0.05, 0.1) is 4.92 Å². The van der Waals surface area contributed by atoms with Crippen molar-refractivity contribution in [3.05, 3.63) is 34.4 Å². The molecule has 0 spiro atoms. The Morgan fingerprint density at radius 1 is 1.09 bits per heavy atom. The quantitative estimate of drug-likeness (QED) is 0.628. The molecular formula is C17H26N4O2. The lowest BCUT2D eigenvalue weighted by Gasteiger charge is -2.38. The largest absolute Gasteiger partial charge is 0.366 e. The second-order valence-electron chi connectivity index (χ2n) is 6.78. The van der Waals surface area contributed by atoms with Crippen LogP contribution in [0.15, 0.2) is 24.3 Å². The number of nitro benzene ring substituents is 1. The summed E-state index contributed by atoms with van der Waals surface area (Å²) in [5.74, 6) is 0.720. The third-order valence-electron chi connectivity index (χ3n) is 5.15. The summed E-state index contributed by atoms with van der Waals surface area (Å²) in [6.07, 6.45) is 2.25. The van der Waals surface area contributed by atoms with Crippen molar-refractivity contribution in [2.24, 2.45) is 5.92 Å². The SMILES string of the molecule is CN1CCN(CC2CCN(c3ccccc3[N+](=O)[O-])CC2)CC1. The van der Waals surface area contributed by atoms with Gasteiger partial charge in [0.15, 0.2) is 0 Å². The van der Waals surface area contributed by atoms with Crippen LogP contribution in [0.4, 0.5) is 11.4 Å². The van der Waals surface area contributed by atoms with Crippen LogP contribution in [0.3, 0.4) is 0 Å². The lowest BCUT2D eigenvalue weighted by Crippen LogP contribution is -2.47. The number of piperidine rings is 1. The molecule has 0 aromatic heterocycles. The van der Waals surface area contributed by atoms with Crippen LogP contribution in [0.5, 0.6) is 0 Å². The number of hydrogen-bond acceptors (Lipinski definition) is 5. The topological polar surface area (TPSA) is 52.9 Å². The van der Waals surface area contributed by atoms with E-state index < -0.39 is 0 Å². The lowest BCUT2D eigenvalue weighted by molar-refractivity contribution is -0.384. The van der Waals surface area contributed by atoms with Crippen molar-refractivity contribution in [3.63, 3.8) is 0 Å². The zero-order valence-electron chi connectivity index (χ0n) is 13.9. The molecule has 2 saturated heterocycles. The highest BCUT2D eigenvalue weighted by Crippen LogP contribution is 2.31. The molecule has 0 N–H and O–H groups in total. The summed E-state index contributed by atoms with van der Waals surface area (Å²) < 4.78 is 0. The Balaban J connectivity index is 1.54. The third kappa shape index (κ3) is 4.00. The van der Waals surface area contributed by atoms with Gasteiger partial charge in [-0.05, 0) is 31.9 Å². The third-order valence-corrected chi connectivity index (χ3v) is 5.15. The van der Waals surface area contributed by atoms with Gasteiger partial charge in [0.1, 0.15) is 5.69 Å². The highest BCUT2D eigenvalue weighted by molar-refractivity contribution is 5.63. The van der Waals surface area contributed by atoms with Crippen molar-refractivity contribution in [3.8, 4) is 0 Å². The number of para-hydroxylation sites is 2. The lowest BCUT2D eigenvalue weighted by atomic mass is 9.95. The first-order valence-corrected chi connectivity index (χ1v) is 8.53. The average molecular weight is 318 g/mol. The fraction of sp³-hybridized carbons (Fsp3) is 0.647. The minimum Gasteiger partial charge on any atom is -0.366 e. The maximum absolute atomic E-state index is 11.2. The monoisotopic (exact) mass is 318 g/mol. The highest BCUT2D eigenvalue weighted by Gasteiger charge is 2.26. The van der Waals surface area contributed by atoms with Crippen molar-refractivity contribution in [1.29, 1.82) is 0 Å². The Hall–Kier alpha value is -1.66. The van der Waals surface area contributed by atoms with Crippen LogP contribution in [0.25, 0.3) is 0 Å². The van der Waals surface area contributed by atoms with Gasteiger partial charge in [-0.3, -0.25) is 10.1 Å². The van der Waals surface area contributed by atoms with Gasteiger partial charge in [-0.25, -0.2) is 0 Å². The van der Waals surface area contributed by atoms with E-state index >= 15 is 0 Å². The molecule has 2 heterocycles. The first-order chi connectivity index (χ1) is 11.1. The molecule has 0 aliphatic carbocycles. The Bertz CT molecular complexity index is 535. The van der Waals surface area contributed by atoms with Crippen LogP contribution in [-0.2, 0) is 0 Å². The number of rotatable bonds is 4. The molecule has 1 aromatic carbocycles. The van der Waals surface area contributed by atoms with E-state index in [2.05, 4.69) is 21.7 Å².